The number of aromatic nitrogens is 6. The summed E-state index contributed by atoms with van der Waals surface area (Å²) in [5, 5.41) is 3.66. The number of aromatic amines is 2. The number of alkyl carbamates (subject to hydrolysis) is 1. The highest BCUT2D eigenvalue weighted by atomic mass is 19.1. The second kappa shape index (κ2) is 14.2. The highest BCUT2D eigenvalue weighted by Gasteiger charge is 2.40. The smallest absolute Gasteiger partial charge is 0.407 e. The summed E-state index contributed by atoms with van der Waals surface area (Å²) in [6.07, 6.45) is 2.15. The number of imidazole rings is 2. The molecular formula is C40H42F2N10O4. The number of amides is 3. The van der Waals surface area contributed by atoms with Crippen LogP contribution in [0.4, 0.5) is 13.6 Å². The molecule has 0 unspecified atom stereocenters. The third kappa shape index (κ3) is 6.13. The van der Waals surface area contributed by atoms with Crippen molar-refractivity contribution < 1.29 is 27.9 Å². The fraction of sp³-hybridized carbons (Fsp3) is 0.350. The lowest BCUT2D eigenvalue weighted by atomic mass is 10.0. The lowest BCUT2D eigenvalue weighted by Gasteiger charge is -2.30. The van der Waals surface area contributed by atoms with Gasteiger partial charge in [0.25, 0.3) is 0 Å². The van der Waals surface area contributed by atoms with E-state index in [9.17, 15) is 18.8 Å². The van der Waals surface area contributed by atoms with Crippen LogP contribution < -0.4 is 11.1 Å². The van der Waals surface area contributed by atoms with Crippen LogP contribution in [-0.4, -0.2) is 96.0 Å². The van der Waals surface area contributed by atoms with E-state index in [2.05, 4.69) is 31.8 Å². The van der Waals surface area contributed by atoms with Crippen LogP contribution in [0.25, 0.3) is 49.8 Å². The largest absolute Gasteiger partial charge is 0.453 e. The van der Waals surface area contributed by atoms with E-state index in [1.165, 1.54) is 12.0 Å². The molecule has 2 aliphatic rings. The van der Waals surface area contributed by atoms with Gasteiger partial charge in [-0.3, -0.25) is 14.0 Å². The topological polar surface area (TPSA) is 180 Å². The number of likely N-dealkylation sites (tertiary alicyclic amines) is 2. The number of nitrogens with zero attached hydrogens (tertiary/aromatic N) is 6. The van der Waals surface area contributed by atoms with Gasteiger partial charge in [0, 0.05) is 34.9 Å². The first-order valence-electron chi connectivity index (χ1n) is 18.5. The van der Waals surface area contributed by atoms with Crippen molar-refractivity contribution in [3.8, 4) is 22.5 Å². The molecule has 14 nitrogen and oxygen atoms in total. The van der Waals surface area contributed by atoms with Crippen LogP contribution >= 0.6 is 0 Å². The monoisotopic (exact) mass is 764 g/mol. The molecule has 6 heterocycles. The van der Waals surface area contributed by atoms with Crippen molar-refractivity contribution in [2.75, 3.05) is 26.7 Å². The molecule has 0 radical (unpaired) electrons. The zero-order valence-corrected chi connectivity index (χ0v) is 31.4. The molecule has 0 bridgehead atoms. The Balaban J connectivity index is 1.10. The first-order chi connectivity index (χ1) is 26.9. The quantitative estimate of drug-likeness (QED) is 0.144. The molecule has 2 fully saturated rings. The fourth-order valence-corrected chi connectivity index (χ4v) is 8.13. The number of nitrogens with two attached hydrogens (primary N) is 1. The summed E-state index contributed by atoms with van der Waals surface area (Å²) in [4.78, 5) is 61.8. The summed E-state index contributed by atoms with van der Waals surface area (Å²) >= 11 is 0. The molecule has 2 aliphatic heterocycles. The Morgan fingerprint density at radius 1 is 1.04 bits per heavy atom. The minimum atomic E-state index is -1.16. The maximum absolute atomic E-state index is 16.6. The van der Waals surface area contributed by atoms with Gasteiger partial charge in [-0.25, -0.2) is 28.5 Å². The molecule has 8 rings (SSSR count). The molecule has 4 aromatic heterocycles. The number of methoxy groups -OCH3 is 1. The van der Waals surface area contributed by atoms with Gasteiger partial charge in [-0.1, -0.05) is 32.6 Å². The first kappa shape index (κ1) is 36.8. The number of carbonyl (C=O) groups excluding carboxylic acids is 3. The van der Waals surface area contributed by atoms with E-state index in [4.69, 9.17) is 15.5 Å². The number of H-pyrrole nitrogens is 2. The second-order valence-corrected chi connectivity index (χ2v) is 14.8. The summed E-state index contributed by atoms with van der Waals surface area (Å²) in [6.45, 7) is 9.92. The number of alkyl halides is 1. The van der Waals surface area contributed by atoms with E-state index in [1.54, 1.807) is 27.8 Å². The Labute approximate surface area is 320 Å². The highest BCUT2D eigenvalue weighted by molar-refractivity contribution is 6.03. The molecule has 5 N–H and O–H groups in total. The predicted octanol–water partition coefficient (Wildman–Crippen LogP) is 5.65. The number of fused-ring (bicyclic) bond motifs is 5. The second-order valence-electron chi connectivity index (χ2n) is 14.8. The van der Waals surface area contributed by atoms with Crippen molar-refractivity contribution in [2.45, 2.75) is 57.9 Å². The van der Waals surface area contributed by atoms with Crippen LogP contribution in [0, 0.1) is 18.7 Å². The zero-order chi connectivity index (χ0) is 39.6. The van der Waals surface area contributed by atoms with Gasteiger partial charge in [0.1, 0.15) is 35.7 Å². The lowest BCUT2D eigenvalue weighted by molar-refractivity contribution is -0.135. The molecule has 0 aliphatic carbocycles. The van der Waals surface area contributed by atoms with Gasteiger partial charge in [-0.15, -0.1) is 0 Å². The molecule has 4 atom stereocenters. The minimum Gasteiger partial charge on any atom is -0.453 e. The fourth-order valence-electron chi connectivity index (χ4n) is 8.13. The standard InChI is InChI=1S/C40H42F2N10O4/c1-19(2)34(49-40(55)56-5)39(54)50-11-10-20(3)35(50)38-45-17-28(48-38)22-7-9-30-26(12-22)33(42)36-25-8-6-23(13-27(25)46-21(4)52(30)36)29-16-44-37(47-29)31-14-24(41)18-51(31)32(53)15-43/h6-9,12-13,16-17,19,24,31,34-35H,3,10-11,14-15,18,43H2,1-2,4-5H3,(H,44,47)(H,45,48)(H,49,55)/t24-,31+,34+,35+/m1/s1. The van der Waals surface area contributed by atoms with Gasteiger partial charge in [0.15, 0.2) is 5.82 Å². The third-order valence-corrected chi connectivity index (χ3v) is 10.9. The number of hydrogen-bond donors (Lipinski definition) is 4. The van der Waals surface area contributed by atoms with Crippen LogP contribution in [0.3, 0.4) is 0 Å². The number of halogens is 2. The minimum absolute atomic E-state index is 0.0248. The van der Waals surface area contributed by atoms with Crippen molar-refractivity contribution in [2.24, 2.45) is 11.7 Å². The van der Waals surface area contributed by atoms with E-state index in [-0.39, 0.29) is 37.2 Å². The number of aryl methyl sites for hydroxylation is 1. The molecular weight excluding hydrogens is 723 g/mol. The summed E-state index contributed by atoms with van der Waals surface area (Å²) in [6, 6.07) is 9.14. The van der Waals surface area contributed by atoms with E-state index in [1.807, 2.05) is 51.1 Å². The van der Waals surface area contributed by atoms with Gasteiger partial charge in [-0.05, 0) is 49.1 Å². The zero-order valence-electron chi connectivity index (χ0n) is 31.4. The van der Waals surface area contributed by atoms with E-state index < -0.39 is 36.2 Å². The van der Waals surface area contributed by atoms with E-state index in [0.717, 1.165) is 11.1 Å². The average Bonchev–Trinajstić information content (AvgIpc) is 4.03. The molecule has 0 spiro atoms. The first-order valence-corrected chi connectivity index (χ1v) is 18.5. The van der Waals surface area contributed by atoms with Crippen LogP contribution in [-0.2, 0) is 14.3 Å². The van der Waals surface area contributed by atoms with Crippen molar-refractivity contribution in [1.82, 2.24) is 44.4 Å². The van der Waals surface area contributed by atoms with Crippen molar-refractivity contribution in [1.29, 1.82) is 0 Å². The summed E-state index contributed by atoms with van der Waals surface area (Å²) in [5.41, 5.74) is 10.7. The summed E-state index contributed by atoms with van der Waals surface area (Å²) < 4.78 is 37.5. The number of rotatable bonds is 8. The van der Waals surface area contributed by atoms with Gasteiger partial charge < -0.3 is 35.6 Å². The van der Waals surface area contributed by atoms with Gasteiger partial charge in [0.2, 0.25) is 11.8 Å². The maximum Gasteiger partial charge on any atom is 0.407 e. The number of ether oxygens (including phenoxy) is 1. The van der Waals surface area contributed by atoms with Crippen LogP contribution in [0.15, 0.2) is 60.9 Å². The number of hydrogen-bond acceptors (Lipinski definition) is 8. The Kier molecular flexibility index (Phi) is 9.31. The SMILES string of the molecule is C=C1CCN(C(=O)[C@@H](NC(=O)OC)C(C)C)[C@@H]1c1ncc(-c2ccc3c(c2)c(F)c2c4ccc(-c5cnc([C@@H]6C[C@@H](F)CN6C(=O)CN)[nH]5)cc4nc(C)n32)[nH]1. The molecule has 2 saturated heterocycles. The highest BCUT2D eigenvalue weighted by Crippen LogP contribution is 2.39. The summed E-state index contributed by atoms with van der Waals surface area (Å²) in [5.74, 6) is 0.372. The maximum atomic E-state index is 16.6. The van der Waals surface area contributed by atoms with Crippen molar-refractivity contribution in [3.63, 3.8) is 0 Å². The van der Waals surface area contributed by atoms with Crippen LogP contribution in [0.1, 0.15) is 56.2 Å². The molecule has 16 heteroatoms. The Morgan fingerprint density at radius 2 is 1.73 bits per heavy atom. The number of benzene rings is 2. The predicted molar refractivity (Wildman–Crippen MR) is 205 cm³/mol. The molecule has 0 saturated carbocycles. The molecule has 6 aromatic rings. The molecule has 56 heavy (non-hydrogen) atoms. The number of carbonyl (C=O) groups is 3. The molecule has 3 amide bonds. The molecule has 2 aromatic carbocycles. The third-order valence-electron chi connectivity index (χ3n) is 10.9. The Bertz CT molecular complexity index is 2560. The van der Waals surface area contributed by atoms with Crippen LogP contribution in [0.5, 0.6) is 0 Å². The van der Waals surface area contributed by atoms with Gasteiger partial charge >= 0.3 is 6.09 Å². The average molecular weight is 765 g/mol. The normalized spacial score (nSPS) is 19.2. The van der Waals surface area contributed by atoms with Crippen molar-refractivity contribution >= 4 is 45.2 Å². The Hall–Kier alpha value is -6.16. The van der Waals surface area contributed by atoms with Crippen molar-refractivity contribution in [3.05, 3.63) is 84.2 Å². The van der Waals surface area contributed by atoms with E-state index in [0.29, 0.717) is 74.7 Å². The van der Waals surface area contributed by atoms with Gasteiger partial charge in [-0.2, -0.15) is 0 Å². The Morgan fingerprint density at radius 3 is 2.45 bits per heavy atom. The van der Waals surface area contributed by atoms with Crippen LogP contribution in [0.2, 0.25) is 0 Å². The van der Waals surface area contributed by atoms with E-state index >= 15 is 4.39 Å². The lowest BCUT2D eigenvalue weighted by Crippen LogP contribution is -2.51. The van der Waals surface area contributed by atoms with Gasteiger partial charge in [0.05, 0.1) is 66.6 Å². The molecule has 290 valence electrons. The number of nitrogens with one attached hydrogen (secondary N) is 3. The summed E-state index contributed by atoms with van der Waals surface area (Å²) in [7, 11) is 1.25.